The number of benzene rings is 2. The molecule has 0 aliphatic carbocycles. The highest BCUT2D eigenvalue weighted by Gasteiger charge is 2.25. The normalized spacial score (nSPS) is 11.0. The number of halogens is 1. The highest BCUT2D eigenvalue weighted by atomic mass is 32.2. The fraction of sp³-hybridized carbons (Fsp3) is 0.176. The molecule has 2 aromatic rings. The summed E-state index contributed by atoms with van der Waals surface area (Å²) in [4.78, 5) is 35.2. The Labute approximate surface area is 159 Å². The van der Waals surface area contributed by atoms with Crippen molar-refractivity contribution in [1.29, 1.82) is 0 Å². The van der Waals surface area contributed by atoms with Crippen molar-refractivity contribution < 1.29 is 27.3 Å². The maximum Gasteiger partial charge on any atom is 0.288 e. The number of sulfone groups is 1. The van der Waals surface area contributed by atoms with Crippen molar-refractivity contribution in [3.8, 4) is 0 Å². The van der Waals surface area contributed by atoms with Crippen LogP contribution in [-0.4, -0.2) is 49.9 Å². The molecule has 0 bridgehead atoms. The van der Waals surface area contributed by atoms with E-state index in [1.807, 2.05) is 0 Å². The van der Waals surface area contributed by atoms with Gasteiger partial charge in [0.15, 0.2) is 9.84 Å². The lowest BCUT2D eigenvalue weighted by molar-refractivity contribution is -0.387. The van der Waals surface area contributed by atoms with Crippen LogP contribution >= 0.6 is 0 Å². The van der Waals surface area contributed by atoms with Crippen LogP contribution in [0, 0.1) is 15.9 Å². The van der Waals surface area contributed by atoms with Crippen LogP contribution in [0.1, 0.15) is 10.4 Å². The van der Waals surface area contributed by atoms with Gasteiger partial charge in [-0.2, -0.15) is 0 Å². The number of nitro benzene ring substituents is 1. The van der Waals surface area contributed by atoms with E-state index in [0.717, 1.165) is 41.5 Å². The first-order valence-corrected chi connectivity index (χ1v) is 9.67. The van der Waals surface area contributed by atoms with Crippen molar-refractivity contribution in [2.45, 2.75) is 4.90 Å². The third-order valence-corrected chi connectivity index (χ3v) is 4.80. The zero-order valence-corrected chi connectivity index (χ0v) is 15.7. The number of rotatable bonds is 6. The van der Waals surface area contributed by atoms with Crippen LogP contribution in [-0.2, 0) is 14.6 Å². The van der Waals surface area contributed by atoms with Gasteiger partial charge in [-0.05, 0) is 36.4 Å². The molecule has 1 N–H and O–H groups in total. The Morgan fingerprint density at radius 1 is 1.18 bits per heavy atom. The highest BCUT2D eigenvalue weighted by molar-refractivity contribution is 7.90. The molecular formula is C17H16FN3O6S. The molecular weight excluding hydrogens is 393 g/mol. The maximum atomic E-state index is 12.9. The van der Waals surface area contributed by atoms with Crippen molar-refractivity contribution in [3.05, 3.63) is 64.0 Å². The highest BCUT2D eigenvalue weighted by Crippen LogP contribution is 2.25. The second kappa shape index (κ2) is 8.13. The smallest absolute Gasteiger partial charge is 0.288 e. The first-order valence-electron chi connectivity index (χ1n) is 7.78. The average molecular weight is 409 g/mol. The second-order valence-electron chi connectivity index (χ2n) is 5.93. The number of anilines is 1. The van der Waals surface area contributed by atoms with E-state index in [4.69, 9.17) is 0 Å². The van der Waals surface area contributed by atoms with Crippen molar-refractivity contribution >= 4 is 33.0 Å². The van der Waals surface area contributed by atoms with Gasteiger partial charge in [0.25, 0.3) is 11.6 Å². The zero-order valence-electron chi connectivity index (χ0n) is 14.9. The zero-order chi connectivity index (χ0) is 21.1. The van der Waals surface area contributed by atoms with E-state index in [1.54, 1.807) is 0 Å². The van der Waals surface area contributed by atoms with Gasteiger partial charge in [0.05, 0.1) is 11.5 Å². The molecule has 2 aromatic carbocycles. The van der Waals surface area contributed by atoms with E-state index in [0.29, 0.717) is 5.69 Å². The van der Waals surface area contributed by atoms with Gasteiger partial charge in [-0.25, -0.2) is 12.8 Å². The Bertz CT molecular complexity index is 1040. The molecule has 0 atom stereocenters. The molecule has 28 heavy (non-hydrogen) atoms. The van der Waals surface area contributed by atoms with Crippen LogP contribution in [0.4, 0.5) is 15.8 Å². The van der Waals surface area contributed by atoms with Gasteiger partial charge in [-0.15, -0.1) is 0 Å². The number of hydrogen-bond acceptors (Lipinski definition) is 6. The van der Waals surface area contributed by atoms with Gasteiger partial charge in [-0.3, -0.25) is 19.7 Å². The molecule has 0 fully saturated rings. The minimum absolute atomic E-state index is 0.142. The first kappa shape index (κ1) is 21.0. The molecule has 0 saturated heterocycles. The Morgan fingerprint density at radius 3 is 2.32 bits per heavy atom. The van der Waals surface area contributed by atoms with E-state index in [1.165, 1.54) is 19.2 Å². The van der Waals surface area contributed by atoms with Crippen LogP contribution in [0.5, 0.6) is 0 Å². The van der Waals surface area contributed by atoms with Crippen molar-refractivity contribution in [2.24, 2.45) is 0 Å². The lowest BCUT2D eigenvalue weighted by Gasteiger charge is -2.17. The van der Waals surface area contributed by atoms with Crippen molar-refractivity contribution in [3.63, 3.8) is 0 Å². The van der Waals surface area contributed by atoms with Gasteiger partial charge in [0, 0.05) is 30.6 Å². The molecule has 0 radical (unpaired) electrons. The monoisotopic (exact) mass is 409 g/mol. The summed E-state index contributed by atoms with van der Waals surface area (Å²) in [5, 5.41) is 13.6. The minimum atomic E-state index is -3.86. The van der Waals surface area contributed by atoms with Crippen molar-refractivity contribution in [2.75, 3.05) is 25.2 Å². The fourth-order valence-electron chi connectivity index (χ4n) is 2.35. The molecule has 0 aliphatic rings. The number of amides is 2. The van der Waals surface area contributed by atoms with Gasteiger partial charge >= 0.3 is 0 Å². The molecule has 0 spiro atoms. The van der Waals surface area contributed by atoms with E-state index in [9.17, 15) is 32.5 Å². The summed E-state index contributed by atoms with van der Waals surface area (Å²) in [6, 6.07) is 7.99. The van der Waals surface area contributed by atoms with Gasteiger partial charge in [0.2, 0.25) is 5.91 Å². The Morgan fingerprint density at radius 2 is 1.79 bits per heavy atom. The van der Waals surface area contributed by atoms with Gasteiger partial charge in [-0.1, -0.05) is 0 Å². The predicted octanol–water partition coefficient (Wildman–Crippen LogP) is 1.85. The lowest BCUT2D eigenvalue weighted by Crippen LogP contribution is -2.35. The number of nitrogens with zero attached hydrogens (tertiary/aromatic N) is 2. The first-order chi connectivity index (χ1) is 13.0. The van der Waals surface area contributed by atoms with Crippen LogP contribution in [0.25, 0.3) is 0 Å². The molecule has 9 nitrogen and oxygen atoms in total. The van der Waals surface area contributed by atoms with Crippen LogP contribution < -0.4 is 5.32 Å². The molecule has 11 heteroatoms. The molecule has 0 aliphatic heterocycles. The van der Waals surface area contributed by atoms with E-state index in [2.05, 4.69) is 5.32 Å². The quantitative estimate of drug-likeness (QED) is 0.573. The standard InChI is InChI=1S/C17H16FN3O6S/c1-20(10-16(22)19-13-6-4-12(18)5-7-13)17(23)11-3-8-15(28(2,26)27)14(9-11)21(24)25/h3-9H,10H2,1-2H3,(H,19,22). The second-order valence-corrected chi connectivity index (χ2v) is 7.91. The number of likely N-dealkylation sites (N-methyl/N-ethyl adjacent to an activating group) is 1. The summed E-state index contributed by atoms with van der Waals surface area (Å²) in [5.74, 6) is -1.74. The largest absolute Gasteiger partial charge is 0.332 e. The summed E-state index contributed by atoms with van der Waals surface area (Å²) in [5.41, 5.74) is -0.533. The number of hydrogen-bond donors (Lipinski definition) is 1. The Balaban J connectivity index is 2.16. The SMILES string of the molecule is CN(CC(=O)Nc1ccc(F)cc1)C(=O)c1ccc(S(C)(=O)=O)c([N+](=O)[O-])c1. The van der Waals surface area contributed by atoms with Gasteiger partial charge in [0.1, 0.15) is 10.7 Å². The maximum absolute atomic E-state index is 12.9. The number of carbonyl (C=O) groups excluding carboxylic acids is 2. The predicted molar refractivity (Wildman–Crippen MR) is 98.2 cm³/mol. The van der Waals surface area contributed by atoms with E-state index >= 15 is 0 Å². The van der Waals surface area contributed by atoms with Crippen LogP contribution in [0.3, 0.4) is 0 Å². The van der Waals surface area contributed by atoms with Gasteiger partial charge < -0.3 is 10.2 Å². The summed E-state index contributed by atoms with van der Waals surface area (Å²) >= 11 is 0. The summed E-state index contributed by atoms with van der Waals surface area (Å²) in [7, 11) is -2.55. The minimum Gasteiger partial charge on any atom is -0.332 e. The average Bonchev–Trinajstić information content (AvgIpc) is 2.61. The lowest BCUT2D eigenvalue weighted by atomic mass is 10.2. The summed E-state index contributed by atoms with van der Waals surface area (Å²) < 4.78 is 36.1. The number of carbonyl (C=O) groups is 2. The Kier molecular flexibility index (Phi) is 6.09. The molecule has 0 unspecified atom stereocenters. The molecule has 2 amide bonds. The molecule has 0 aromatic heterocycles. The van der Waals surface area contributed by atoms with Crippen LogP contribution in [0.2, 0.25) is 0 Å². The molecule has 0 saturated carbocycles. The van der Waals surface area contributed by atoms with E-state index in [-0.39, 0.29) is 12.1 Å². The van der Waals surface area contributed by atoms with E-state index < -0.39 is 43.0 Å². The topological polar surface area (TPSA) is 127 Å². The summed E-state index contributed by atoms with van der Waals surface area (Å²) in [6.07, 6.45) is 0.822. The number of nitro groups is 1. The molecule has 2 rings (SSSR count). The Hall–Kier alpha value is -3.34. The fourth-order valence-corrected chi connectivity index (χ4v) is 3.18. The molecule has 0 heterocycles. The van der Waals surface area contributed by atoms with Crippen LogP contribution in [0.15, 0.2) is 47.4 Å². The number of nitrogens with one attached hydrogen (secondary N) is 1. The molecule has 148 valence electrons. The van der Waals surface area contributed by atoms with Crippen molar-refractivity contribution in [1.82, 2.24) is 4.90 Å². The third kappa shape index (κ3) is 5.10. The third-order valence-electron chi connectivity index (χ3n) is 3.66. The summed E-state index contributed by atoms with van der Waals surface area (Å²) in [6.45, 7) is -0.377.